The molecule has 9 heteroatoms. The van der Waals surface area contributed by atoms with Gasteiger partial charge in [0.05, 0.1) is 67.1 Å². The Labute approximate surface area is 410 Å². The Balaban J connectivity index is 0.000000115. The molecule has 10 aromatic carbocycles. The molecule has 16 rings (SSSR count). The Morgan fingerprint density at radius 2 is 0.930 bits per heavy atom. The first-order valence-electron chi connectivity index (χ1n) is 23.0. The Kier molecular flexibility index (Phi) is 8.99. The first-order chi connectivity index (χ1) is 35.1. The van der Waals surface area contributed by atoms with Crippen LogP contribution >= 0.6 is 15.9 Å². The number of halogens is 1. The van der Waals surface area contributed by atoms with Crippen LogP contribution < -0.4 is 0 Å². The number of nitrogens with zero attached hydrogens (tertiary/aromatic N) is 3. The van der Waals surface area contributed by atoms with Crippen molar-refractivity contribution in [3.05, 3.63) is 216 Å². The molecule has 1 N–H and O–H groups in total. The van der Waals surface area contributed by atoms with Crippen LogP contribution in [0.5, 0.6) is 0 Å². The largest absolute Gasteiger partial charge is 0.455 e. The molecule has 6 heterocycles. The van der Waals surface area contributed by atoms with Gasteiger partial charge in [-0.1, -0.05) is 143 Å². The second-order valence-corrected chi connectivity index (χ2v) is 18.4. The zero-order valence-corrected chi connectivity index (χ0v) is 38.9. The highest BCUT2D eigenvalue weighted by Gasteiger charge is 2.27. The molecule has 71 heavy (non-hydrogen) atoms. The third kappa shape index (κ3) is 6.07. The summed E-state index contributed by atoms with van der Waals surface area (Å²) >= 11 is 3.25. The summed E-state index contributed by atoms with van der Waals surface area (Å²) in [5, 5.41) is 21.4. The molecule has 0 fully saturated rings. The fraction of sp³-hybridized carbons (Fsp3) is 0. The van der Waals surface area contributed by atoms with E-state index < -0.39 is 0 Å². The van der Waals surface area contributed by atoms with Crippen LogP contribution in [0, 0.1) is 17.9 Å². The van der Waals surface area contributed by atoms with Gasteiger partial charge < -0.3 is 27.2 Å². The fourth-order valence-corrected chi connectivity index (χ4v) is 11.0. The van der Waals surface area contributed by atoms with Crippen LogP contribution in [0.25, 0.3) is 142 Å². The minimum atomic E-state index is 0.603. The maximum atomic E-state index is 8.39. The summed E-state index contributed by atoms with van der Waals surface area (Å²) in [5.41, 5.74) is 13.4. The number of hydrogen-bond donors (Lipinski definition) is 1. The van der Waals surface area contributed by atoms with Gasteiger partial charge in [-0.05, 0) is 66.7 Å². The second kappa shape index (κ2) is 15.8. The number of benzene rings is 10. The van der Waals surface area contributed by atoms with Gasteiger partial charge in [0, 0.05) is 48.0 Å². The summed E-state index contributed by atoms with van der Waals surface area (Å²) in [6, 6.07) is 66.6. The quantitative estimate of drug-likeness (QED) is 0.165. The van der Waals surface area contributed by atoms with Gasteiger partial charge >= 0.3 is 0 Å². The Bertz CT molecular complexity index is 4690. The fourth-order valence-electron chi connectivity index (χ4n) is 10.6. The lowest BCUT2D eigenvalue weighted by molar-refractivity contribution is 0.664. The maximum Gasteiger partial charge on any atom is 0.189 e. The highest BCUT2D eigenvalue weighted by atomic mass is 79.9. The van der Waals surface area contributed by atoms with Crippen molar-refractivity contribution < 1.29 is 17.7 Å². The minimum Gasteiger partial charge on any atom is -0.455 e. The Morgan fingerprint density at radius 1 is 0.465 bits per heavy atom. The molecule has 0 aliphatic rings. The lowest BCUT2D eigenvalue weighted by Crippen LogP contribution is -1.93. The molecule has 0 amide bonds. The van der Waals surface area contributed by atoms with E-state index in [2.05, 4.69) is 115 Å². The van der Waals surface area contributed by atoms with Crippen molar-refractivity contribution in [2.75, 3.05) is 0 Å². The molecule has 332 valence electrons. The zero-order valence-electron chi connectivity index (χ0n) is 37.3. The van der Waals surface area contributed by atoms with Crippen molar-refractivity contribution in [3.63, 3.8) is 0 Å². The van der Waals surface area contributed by atoms with Gasteiger partial charge in [0.15, 0.2) is 5.69 Å². The van der Waals surface area contributed by atoms with E-state index in [1.165, 1.54) is 5.39 Å². The number of rotatable bonds is 1. The summed E-state index contributed by atoms with van der Waals surface area (Å²) in [5.74, 6) is 0. The van der Waals surface area contributed by atoms with E-state index in [9.17, 15) is 0 Å². The van der Waals surface area contributed by atoms with Crippen molar-refractivity contribution >= 4 is 153 Å². The van der Waals surface area contributed by atoms with Crippen molar-refractivity contribution in [3.8, 4) is 11.8 Å². The summed E-state index contributed by atoms with van der Waals surface area (Å²) in [7, 11) is 0. The number of hydrogen-bond acceptors (Lipinski definition) is 5. The van der Waals surface area contributed by atoms with Gasteiger partial charge in [-0.15, -0.1) is 0 Å². The van der Waals surface area contributed by atoms with Crippen LogP contribution in [-0.2, 0) is 0 Å². The molecule has 8 nitrogen and oxygen atoms in total. The molecule has 0 aliphatic carbocycles. The first-order valence-corrected chi connectivity index (χ1v) is 23.8. The predicted octanol–water partition coefficient (Wildman–Crippen LogP) is 18.6. The Hall–Kier alpha value is -9.54. The van der Waals surface area contributed by atoms with Gasteiger partial charge in [-0.3, -0.25) is 0 Å². The standard InChI is InChI=1S/C31H16N2O2.C24H13NO2.C7H4BrN/c1-32-18-9-8-10-19(17-18)33-23-14-5-2-11-20(23)26-29(33)27-21-12-3-6-15-24(21)34-31(27)28-22-13-4-7-16-25(22)35-30(26)28;1-4-10-16-13(7-1)19-22(25-16)20-14-8-2-5-11-17(14)26-24(20)21-15-9-3-6-12-18(15)27-23(19)21;8-7-3-1-2-6(4-7)5-9/h2-17H;1-12,25H;1-4H. The highest BCUT2D eigenvalue weighted by Crippen LogP contribution is 2.50. The molecular formula is C62H33BrN4O4. The van der Waals surface area contributed by atoms with E-state index in [1.807, 2.05) is 103 Å². The van der Waals surface area contributed by atoms with Gasteiger partial charge in [0.2, 0.25) is 0 Å². The number of nitriles is 1. The van der Waals surface area contributed by atoms with E-state index in [4.69, 9.17) is 29.5 Å². The van der Waals surface area contributed by atoms with E-state index in [1.54, 1.807) is 12.1 Å². The van der Waals surface area contributed by atoms with Crippen molar-refractivity contribution in [2.45, 2.75) is 0 Å². The molecule has 0 aliphatic heterocycles. The predicted molar refractivity (Wildman–Crippen MR) is 291 cm³/mol. The molecule has 0 atom stereocenters. The van der Waals surface area contributed by atoms with E-state index >= 15 is 0 Å². The number of H-pyrrole nitrogens is 1. The number of furan rings is 4. The average molecular weight is 978 g/mol. The van der Waals surface area contributed by atoms with Crippen LogP contribution in [0.4, 0.5) is 5.69 Å². The number of para-hydroxylation sites is 6. The van der Waals surface area contributed by atoms with Gasteiger partial charge in [-0.2, -0.15) is 5.26 Å². The first kappa shape index (κ1) is 40.5. The molecule has 16 aromatic rings. The lowest BCUT2D eigenvalue weighted by Gasteiger charge is -2.09. The molecule has 0 saturated heterocycles. The van der Waals surface area contributed by atoms with Crippen LogP contribution in [0.15, 0.2) is 216 Å². The summed E-state index contributed by atoms with van der Waals surface area (Å²) in [4.78, 5) is 7.30. The van der Waals surface area contributed by atoms with Crippen molar-refractivity contribution in [1.29, 1.82) is 5.26 Å². The minimum absolute atomic E-state index is 0.603. The third-order valence-electron chi connectivity index (χ3n) is 13.5. The van der Waals surface area contributed by atoms with Gasteiger partial charge in [-0.25, -0.2) is 4.85 Å². The molecule has 0 unspecified atom stereocenters. The topological polar surface area (TPSA) is 101 Å². The van der Waals surface area contributed by atoms with E-state index in [0.29, 0.717) is 11.3 Å². The SMILES string of the molecule is N#Cc1cccc(Br)c1.[C-]#[N+]c1cccc(-n2c3ccccc3c3c4oc5ccccc5c4c4oc5ccccc5c4c32)c1.c1ccc2c(c1)[nH]c1c2c2oc3ccccc3c2c2oc3ccccc3c12. The number of fused-ring (bicyclic) bond motifs is 24. The van der Waals surface area contributed by atoms with Crippen molar-refractivity contribution in [2.24, 2.45) is 0 Å². The third-order valence-corrected chi connectivity index (χ3v) is 14.0. The smallest absolute Gasteiger partial charge is 0.189 e. The van der Waals surface area contributed by atoms with Crippen LogP contribution in [0.3, 0.4) is 0 Å². The van der Waals surface area contributed by atoms with E-state index in [-0.39, 0.29) is 0 Å². The maximum absolute atomic E-state index is 8.39. The Morgan fingerprint density at radius 3 is 1.49 bits per heavy atom. The normalized spacial score (nSPS) is 11.7. The molecule has 0 spiro atoms. The van der Waals surface area contributed by atoms with Crippen LogP contribution in [-0.4, -0.2) is 9.55 Å². The number of aromatic amines is 1. The molecule has 6 aromatic heterocycles. The zero-order chi connectivity index (χ0) is 47.3. The van der Waals surface area contributed by atoms with Crippen LogP contribution in [0.1, 0.15) is 5.56 Å². The van der Waals surface area contributed by atoms with Crippen molar-refractivity contribution in [1.82, 2.24) is 9.55 Å². The number of aromatic nitrogens is 2. The second-order valence-electron chi connectivity index (χ2n) is 17.5. The van der Waals surface area contributed by atoms with Gasteiger partial charge in [0.25, 0.3) is 0 Å². The monoisotopic (exact) mass is 976 g/mol. The molecule has 0 radical (unpaired) electrons. The molecular weight excluding hydrogens is 945 g/mol. The van der Waals surface area contributed by atoms with Crippen LogP contribution in [0.2, 0.25) is 0 Å². The highest BCUT2D eigenvalue weighted by molar-refractivity contribution is 9.10. The summed E-state index contributed by atoms with van der Waals surface area (Å²) < 4.78 is 29.0. The number of nitrogens with one attached hydrogen (secondary N) is 1. The summed E-state index contributed by atoms with van der Waals surface area (Å²) in [6.07, 6.45) is 0. The molecule has 0 saturated carbocycles. The molecule has 0 bridgehead atoms. The lowest BCUT2D eigenvalue weighted by atomic mass is 10.0. The average Bonchev–Trinajstić information content (AvgIpc) is 4.28. The van der Waals surface area contributed by atoms with E-state index in [0.717, 1.165) is 136 Å². The van der Waals surface area contributed by atoms with Gasteiger partial charge in [0.1, 0.15) is 44.7 Å². The summed E-state index contributed by atoms with van der Waals surface area (Å²) in [6.45, 7) is 7.56.